The molecule has 1 heterocycles. The second-order valence-corrected chi connectivity index (χ2v) is 10.8. The van der Waals surface area contributed by atoms with E-state index in [9.17, 15) is 13.2 Å². The van der Waals surface area contributed by atoms with Crippen molar-refractivity contribution in [3.8, 4) is 17.0 Å². The summed E-state index contributed by atoms with van der Waals surface area (Å²) in [6, 6.07) is 11.4. The Morgan fingerprint density at radius 2 is 1.82 bits per heavy atom. The van der Waals surface area contributed by atoms with Gasteiger partial charge in [0.15, 0.2) is 0 Å². The first-order valence-corrected chi connectivity index (χ1v) is 12.7. The van der Waals surface area contributed by atoms with Gasteiger partial charge in [0.05, 0.1) is 12.8 Å². The molecule has 3 aromatic rings. The summed E-state index contributed by atoms with van der Waals surface area (Å²) in [5.41, 5.74) is 5.68. The molecule has 1 amide bonds. The van der Waals surface area contributed by atoms with Crippen LogP contribution in [0.5, 0.6) is 5.75 Å². The van der Waals surface area contributed by atoms with Gasteiger partial charge in [-0.15, -0.1) is 0 Å². The Bertz CT molecular complexity index is 1290. The number of methoxy groups -OCH3 is 1. The summed E-state index contributed by atoms with van der Waals surface area (Å²) in [7, 11) is 0.556. The topological polar surface area (TPSA) is 91.5 Å². The Hall–Kier alpha value is -2.84. The van der Waals surface area contributed by atoms with Crippen molar-refractivity contribution < 1.29 is 17.9 Å². The molecule has 0 saturated heterocycles. The van der Waals surface area contributed by atoms with Gasteiger partial charge in [0.1, 0.15) is 5.75 Å². The smallest absolute Gasteiger partial charge is 0.303 e. The number of benzene rings is 2. The van der Waals surface area contributed by atoms with Gasteiger partial charge in [0.25, 0.3) is 5.91 Å². The second-order valence-electron chi connectivity index (χ2n) is 8.91. The van der Waals surface area contributed by atoms with Crippen LogP contribution in [0.1, 0.15) is 59.5 Å². The number of carbonyl (C=O) groups excluding carboxylic acids is 1. The van der Waals surface area contributed by atoms with Gasteiger partial charge in [-0.1, -0.05) is 25.3 Å². The van der Waals surface area contributed by atoms with Crippen LogP contribution in [0, 0.1) is 6.92 Å². The molecule has 4 rings (SSSR count). The van der Waals surface area contributed by atoms with Gasteiger partial charge in [-0.25, -0.2) is 4.72 Å². The maximum atomic E-state index is 12.7. The van der Waals surface area contributed by atoms with E-state index in [1.54, 1.807) is 19.2 Å². The van der Waals surface area contributed by atoms with Gasteiger partial charge in [-0.3, -0.25) is 4.79 Å². The van der Waals surface area contributed by atoms with E-state index >= 15 is 0 Å². The van der Waals surface area contributed by atoms with Crippen LogP contribution in [-0.2, 0) is 10.2 Å². The number of amides is 1. The third-order valence-electron chi connectivity index (χ3n) is 6.52. The molecule has 0 unspecified atom stereocenters. The van der Waals surface area contributed by atoms with Crippen molar-refractivity contribution in [2.75, 3.05) is 21.2 Å². The number of fused-ring (bicyclic) bond motifs is 1. The van der Waals surface area contributed by atoms with E-state index in [0.29, 0.717) is 11.5 Å². The Morgan fingerprint density at radius 3 is 2.45 bits per heavy atom. The number of hydrogen-bond acceptors (Lipinski definition) is 4. The second kappa shape index (κ2) is 9.19. The number of hydrogen-bond donors (Lipinski definition) is 2. The Morgan fingerprint density at radius 1 is 1.09 bits per heavy atom. The number of rotatable bonds is 6. The van der Waals surface area contributed by atoms with Crippen LogP contribution in [-0.4, -0.2) is 44.8 Å². The lowest BCUT2D eigenvalue weighted by Gasteiger charge is -2.23. The van der Waals surface area contributed by atoms with Crippen LogP contribution in [0.2, 0.25) is 0 Å². The molecule has 0 atom stereocenters. The fraction of sp³-hybridized carbons (Fsp3) is 0.400. The average Bonchev–Trinajstić information content (AvgIpc) is 3.17. The minimum Gasteiger partial charge on any atom is -0.497 e. The highest BCUT2D eigenvalue weighted by atomic mass is 32.2. The Balaban J connectivity index is 1.82. The third kappa shape index (κ3) is 4.63. The van der Waals surface area contributed by atoms with Crippen molar-refractivity contribution in [2.24, 2.45) is 0 Å². The minimum atomic E-state index is -3.86. The number of nitrogens with zero attached hydrogens (tertiary/aromatic N) is 1. The van der Waals surface area contributed by atoms with Gasteiger partial charge in [-0.05, 0) is 67.1 Å². The SMILES string of the molecule is COc1ccc(-c2[nH]c3cc(C(=O)NS(=O)(=O)N(C)C)ccc3c2C2CCCCC2)c(C)c1. The van der Waals surface area contributed by atoms with Gasteiger partial charge >= 0.3 is 10.2 Å². The molecule has 0 spiro atoms. The molecule has 176 valence electrons. The molecule has 1 aliphatic carbocycles. The summed E-state index contributed by atoms with van der Waals surface area (Å²) in [6.45, 7) is 2.07. The lowest BCUT2D eigenvalue weighted by Crippen LogP contribution is -2.39. The molecule has 2 N–H and O–H groups in total. The largest absolute Gasteiger partial charge is 0.497 e. The van der Waals surface area contributed by atoms with E-state index in [2.05, 4.69) is 22.7 Å². The summed E-state index contributed by atoms with van der Waals surface area (Å²) in [6.07, 6.45) is 5.96. The summed E-state index contributed by atoms with van der Waals surface area (Å²) in [4.78, 5) is 16.2. The molecule has 0 radical (unpaired) electrons. The summed E-state index contributed by atoms with van der Waals surface area (Å²) in [5, 5.41) is 1.08. The lowest BCUT2D eigenvalue weighted by molar-refractivity contribution is 0.0980. The summed E-state index contributed by atoms with van der Waals surface area (Å²) < 4.78 is 32.7. The Kier molecular flexibility index (Phi) is 6.50. The maximum absolute atomic E-state index is 12.7. The fourth-order valence-corrected chi connectivity index (χ4v) is 5.23. The van der Waals surface area contributed by atoms with Gasteiger partial charge < -0.3 is 9.72 Å². The zero-order chi connectivity index (χ0) is 23.8. The van der Waals surface area contributed by atoms with E-state index in [1.165, 1.54) is 38.9 Å². The lowest BCUT2D eigenvalue weighted by atomic mass is 9.81. The third-order valence-corrected chi connectivity index (χ3v) is 7.92. The van der Waals surface area contributed by atoms with Crippen molar-refractivity contribution in [2.45, 2.75) is 44.9 Å². The molecular formula is C25H31N3O4S. The molecule has 8 heteroatoms. The molecule has 33 heavy (non-hydrogen) atoms. The predicted octanol–water partition coefficient (Wildman–Crippen LogP) is 4.74. The molecule has 0 aliphatic heterocycles. The summed E-state index contributed by atoms with van der Waals surface area (Å²) >= 11 is 0. The van der Waals surface area contributed by atoms with Crippen molar-refractivity contribution in [1.29, 1.82) is 0 Å². The van der Waals surface area contributed by atoms with Crippen molar-refractivity contribution >= 4 is 27.0 Å². The van der Waals surface area contributed by atoms with Gasteiger partial charge in [0.2, 0.25) is 0 Å². The fourth-order valence-electron chi connectivity index (χ4n) is 4.70. The van der Waals surface area contributed by atoms with Gasteiger partial charge in [0, 0.05) is 36.1 Å². The molecule has 1 aliphatic rings. The highest BCUT2D eigenvalue weighted by Gasteiger charge is 2.25. The molecule has 0 bridgehead atoms. The monoisotopic (exact) mass is 469 g/mol. The van der Waals surface area contributed by atoms with E-state index in [-0.39, 0.29) is 0 Å². The van der Waals surface area contributed by atoms with Crippen LogP contribution >= 0.6 is 0 Å². The quantitative estimate of drug-likeness (QED) is 0.546. The number of H-pyrrole nitrogens is 1. The molecule has 7 nitrogen and oxygen atoms in total. The molecule has 2 aromatic carbocycles. The number of aromatic nitrogens is 1. The first kappa shape index (κ1) is 23.3. The molecule has 1 aromatic heterocycles. The number of aryl methyl sites for hydroxylation is 1. The number of ether oxygens (including phenoxy) is 1. The number of aromatic amines is 1. The van der Waals surface area contributed by atoms with Crippen LogP contribution < -0.4 is 9.46 Å². The van der Waals surface area contributed by atoms with Gasteiger partial charge in [-0.2, -0.15) is 12.7 Å². The number of carbonyl (C=O) groups is 1. The van der Waals surface area contributed by atoms with Crippen LogP contribution in [0.4, 0.5) is 0 Å². The van der Waals surface area contributed by atoms with Crippen LogP contribution in [0.3, 0.4) is 0 Å². The highest BCUT2D eigenvalue weighted by Crippen LogP contribution is 2.43. The molecule has 1 fully saturated rings. The highest BCUT2D eigenvalue weighted by molar-refractivity contribution is 7.87. The van der Waals surface area contributed by atoms with Crippen molar-refractivity contribution in [1.82, 2.24) is 14.0 Å². The molecular weight excluding hydrogens is 438 g/mol. The van der Waals surface area contributed by atoms with Crippen molar-refractivity contribution in [3.05, 3.63) is 53.1 Å². The minimum absolute atomic E-state index is 0.294. The first-order valence-electron chi connectivity index (χ1n) is 11.3. The average molecular weight is 470 g/mol. The van der Waals surface area contributed by atoms with E-state index < -0.39 is 16.1 Å². The van der Waals surface area contributed by atoms with Crippen LogP contribution in [0.15, 0.2) is 36.4 Å². The van der Waals surface area contributed by atoms with Crippen LogP contribution in [0.25, 0.3) is 22.2 Å². The van der Waals surface area contributed by atoms with E-state index in [4.69, 9.17) is 4.74 Å². The van der Waals surface area contributed by atoms with E-state index in [0.717, 1.165) is 50.6 Å². The Labute approximate surface area is 195 Å². The van der Waals surface area contributed by atoms with Crippen molar-refractivity contribution in [3.63, 3.8) is 0 Å². The zero-order valence-corrected chi connectivity index (χ0v) is 20.4. The van der Waals surface area contributed by atoms with E-state index in [1.807, 2.05) is 18.2 Å². The predicted molar refractivity (Wildman–Crippen MR) is 131 cm³/mol. The first-order chi connectivity index (χ1) is 15.7. The zero-order valence-electron chi connectivity index (χ0n) is 19.6. The standard InChI is InChI=1S/C25H31N3O4S/c1-16-14-19(32-4)11-13-20(16)24-23(17-8-6-5-7-9-17)21-12-10-18(15-22(21)26-24)25(29)27-33(30,31)28(2)3/h10-15,17,26H,5-9H2,1-4H3,(H,27,29). The maximum Gasteiger partial charge on any atom is 0.303 e. The summed E-state index contributed by atoms with van der Waals surface area (Å²) in [5.74, 6) is 0.604. The number of nitrogens with one attached hydrogen (secondary N) is 2. The molecule has 1 saturated carbocycles. The normalized spacial score (nSPS) is 15.2.